The van der Waals surface area contributed by atoms with Gasteiger partial charge in [-0.2, -0.15) is 4.72 Å². The molecule has 0 fully saturated rings. The molecule has 168 valence electrons. The van der Waals surface area contributed by atoms with Gasteiger partial charge in [-0.05, 0) is 44.0 Å². The van der Waals surface area contributed by atoms with Gasteiger partial charge in [0.15, 0.2) is 6.61 Å². The molecule has 0 aliphatic heterocycles. The van der Waals surface area contributed by atoms with Crippen LogP contribution in [0.25, 0.3) is 0 Å². The van der Waals surface area contributed by atoms with Crippen LogP contribution in [0.5, 0.6) is 0 Å². The lowest BCUT2D eigenvalue weighted by Crippen LogP contribution is -2.41. The third kappa shape index (κ3) is 7.21. The molecule has 0 aromatic heterocycles. The van der Waals surface area contributed by atoms with Crippen molar-refractivity contribution in [3.63, 3.8) is 0 Å². The van der Waals surface area contributed by atoms with E-state index in [9.17, 15) is 18.0 Å². The van der Waals surface area contributed by atoms with E-state index in [1.165, 1.54) is 25.1 Å². The molecule has 0 aliphatic carbocycles. The van der Waals surface area contributed by atoms with Gasteiger partial charge in [0, 0.05) is 0 Å². The SMILES string of the molecule is CCC(NC(=O)COC(=O)[C@H](C)NS(=O)(=O)c1ccc(Cl)c(Cl)c1)c1ccc(C)cc1. The second-order valence-corrected chi connectivity index (χ2v) is 9.49. The molecule has 0 saturated heterocycles. The second-order valence-electron chi connectivity index (χ2n) is 6.97. The Hall–Kier alpha value is -2.13. The highest BCUT2D eigenvalue weighted by atomic mass is 35.5. The first-order chi connectivity index (χ1) is 14.5. The number of carbonyl (C=O) groups is 2. The standard InChI is InChI=1S/C21H24Cl2N2O5S/c1-4-19(15-7-5-13(2)6-8-15)24-20(26)12-30-21(27)14(3)25-31(28,29)16-9-10-17(22)18(23)11-16/h5-11,14,19,25H,4,12H2,1-3H3,(H,24,26)/t14-,19?/m0/s1. The summed E-state index contributed by atoms with van der Waals surface area (Å²) < 4.78 is 32.0. The van der Waals surface area contributed by atoms with Crippen molar-refractivity contribution >= 4 is 45.1 Å². The minimum Gasteiger partial charge on any atom is -0.454 e. The first-order valence-corrected chi connectivity index (χ1v) is 11.8. The van der Waals surface area contributed by atoms with Gasteiger partial charge in [0.05, 0.1) is 21.0 Å². The Balaban J connectivity index is 1.91. The van der Waals surface area contributed by atoms with Crippen LogP contribution in [0.4, 0.5) is 0 Å². The molecule has 31 heavy (non-hydrogen) atoms. The van der Waals surface area contributed by atoms with Gasteiger partial charge in [-0.1, -0.05) is 60.0 Å². The third-order valence-electron chi connectivity index (χ3n) is 4.46. The van der Waals surface area contributed by atoms with Gasteiger partial charge in [-0.25, -0.2) is 8.42 Å². The minimum atomic E-state index is -4.04. The van der Waals surface area contributed by atoms with Gasteiger partial charge in [-0.15, -0.1) is 0 Å². The smallest absolute Gasteiger partial charge is 0.324 e. The molecule has 0 saturated carbocycles. The third-order valence-corrected chi connectivity index (χ3v) is 6.73. The zero-order valence-electron chi connectivity index (χ0n) is 17.3. The Morgan fingerprint density at radius 1 is 1.06 bits per heavy atom. The van der Waals surface area contributed by atoms with E-state index in [-0.39, 0.29) is 21.0 Å². The lowest BCUT2D eigenvalue weighted by molar-refractivity contribution is -0.150. The van der Waals surface area contributed by atoms with E-state index < -0.39 is 34.5 Å². The van der Waals surface area contributed by atoms with Crippen LogP contribution in [0.3, 0.4) is 0 Å². The van der Waals surface area contributed by atoms with Crippen molar-refractivity contribution in [3.05, 3.63) is 63.6 Å². The zero-order valence-corrected chi connectivity index (χ0v) is 19.6. The molecule has 10 heteroatoms. The maximum atomic E-state index is 12.4. The van der Waals surface area contributed by atoms with E-state index in [4.69, 9.17) is 27.9 Å². The number of sulfonamides is 1. The molecule has 0 spiro atoms. The van der Waals surface area contributed by atoms with E-state index in [1.54, 1.807) is 0 Å². The summed E-state index contributed by atoms with van der Waals surface area (Å²) >= 11 is 11.6. The van der Waals surface area contributed by atoms with Gasteiger partial charge in [0.25, 0.3) is 5.91 Å². The highest BCUT2D eigenvalue weighted by Gasteiger charge is 2.24. The molecule has 2 N–H and O–H groups in total. The fourth-order valence-electron chi connectivity index (χ4n) is 2.71. The highest BCUT2D eigenvalue weighted by molar-refractivity contribution is 7.89. The van der Waals surface area contributed by atoms with E-state index in [1.807, 2.05) is 38.1 Å². The topological polar surface area (TPSA) is 102 Å². The Bertz CT molecular complexity index is 1040. The van der Waals surface area contributed by atoms with E-state index >= 15 is 0 Å². The van der Waals surface area contributed by atoms with Crippen LogP contribution in [0, 0.1) is 6.92 Å². The summed E-state index contributed by atoms with van der Waals surface area (Å²) in [7, 11) is -4.04. The molecule has 0 aliphatic rings. The summed E-state index contributed by atoms with van der Waals surface area (Å²) in [6.07, 6.45) is 0.655. The van der Waals surface area contributed by atoms with Crippen LogP contribution in [-0.4, -0.2) is 32.9 Å². The number of amides is 1. The van der Waals surface area contributed by atoms with Gasteiger partial charge < -0.3 is 10.1 Å². The maximum absolute atomic E-state index is 12.4. The molecule has 2 atom stereocenters. The average molecular weight is 487 g/mol. The summed E-state index contributed by atoms with van der Waals surface area (Å²) in [6, 6.07) is 10.1. The first-order valence-electron chi connectivity index (χ1n) is 9.53. The van der Waals surface area contributed by atoms with Gasteiger partial charge in [0.2, 0.25) is 10.0 Å². The molecule has 0 bridgehead atoms. The molecule has 1 amide bonds. The molecule has 0 radical (unpaired) electrons. The zero-order chi connectivity index (χ0) is 23.2. The molecule has 2 aromatic carbocycles. The monoisotopic (exact) mass is 486 g/mol. The number of rotatable bonds is 9. The summed E-state index contributed by atoms with van der Waals surface area (Å²) in [5.41, 5.74) is 2.05. The van der Waals surface area contributed by atoms with Crippen molar-refractivity contribution < 1.29 is 22.7 Å². The number of nitrogens with one attached hydrogen (secondary N) is 2. The average Bonchev–Trinajstić information content (AvgIpc) is 2.72. The Labute approximate surface area is 192 Å². The number of hydrogen-bond donors (Lipinski definition) is 2. The van der Waals surface area contributed by atoms with Crippen molar-refractivity contribution in [1.82, 2.24) is 10.0 Å². The minimum absolute atomic E-state index is 0.0653. The predicted molar refractivity (Wildman–Crippen MR) is 120 cm³/mol. The lowest BCUT2D eigenvalue weighted by atomic mass is 10.0. The predicted octanol–water partition coefficient (Wildman–Crippen LogP) is 3.78. The second kappa shape index (κ2) is 10.9. The maximum Gasteiger partial charge on any atom is 0.324 e. The summed E-state index contributed by atoms with van der Waals surface area (Å²) in [5, 5.41) is 3.07. The van der Waals surface area contributed by atoms with E-state index in [0.29, 0.717) is 6.42 Å². The molecule has 1 unspecified atom stereocenters. The van der Waals surface area contributed by atoms with Crippen molar-refractivity contribution in [2.75, 3.05) is 6.61 Å². The molecular weight excluding hydrogens is 463 g/mol. The van der Waals surface area contributed by atoms with E-state index in [0.717, 1.165) is 11.1 Å². The van der Waals surface area contributed by atoms with Gasteiger partial charge in [-0.3, -0.25) is 9.59 Å². The van der Waals surface area contributed by atoms with Crippen LogP contribution < -0.4 is 10.0 Å². The highest BCUT2D eigenvalue weighted by Crippen LogP contribution is 2.24. The quantitative estimate of drug-likeness (QED) is 0.525. The molecular formula is C21H24Cl2N2O5S. The fourth-order valence-corrected chi connectivity index (χ4v) is 4.29. The summed E-state index contributed by atoms with van der Waals surface area (Å²) in [4.78, 5) is 24.2. The Morgan fingerprint density at radius 3 is 2.29 bits per heavy atom. The Morgan fingerprint density at radius 2 is 1.71 bits per heavy atom. The van der Waals surface area contributed by atoms with Crippen LogP contribution in [0.1, 0.15) is 37.4 Å². The van der Waals surface area contributed by atoms with Crippen LogP contribution in [0.2, 0.25) is 10.0 Å². The van der Waals surface area contributed by atoms with Crippen molar-refractivity contribution in [2.24, 2.45) is 0 Å². The number of ether oxygens (including phenoxy) is 1. The van der Waals surface area contributed by atoms with Crippen molar-refractivity contribution in [3.8, 4) is 0 Å². The number of hydrogen-bond acceptors (Lipinski definition) is 5. The summed E-state index contributed by atoms with van der Waals surface area (Å²) in [6.45, 7) is 4.69. The largest absolute Gasteiger partial charge is 0.454 e. The molecule has 2 aromatic rings. The lowest BCUT2D eigenvalue weighted by Gasteiger charge is -2.18. The van der Waals surface area contributed by atoms with Crippen LogP contribution in [-0.2, 0) is 24.3 Å². The van der Waals surface area contributed by atoms with Crippen molar-refractivity contribution in [1.29, 1.82) is 0 Å². The number of halogens is 2. The number of carbonyl (C=O) groups excluding carboxylic acids is 2. The summed E-state index contributed by atoms with van der Waals surface area (Å²) in [5.74, 6) is -1.37. The normalized spacial score (nSPS) is 13.3. The van der Waals surface area contributed by atoms with Crippen LogP contribution >= 0.6 is 23.2 Å². The fraction of sp³-hybridized carbons (Fsp3) is 0.333. The Kier molecular flexibility index (Phi) is 8.88. The van der Waals surface area contributed by atoms with Gasteiger partial charge in [0.1, 0.15) is 6.04 Å². The molecule has 2 rings (SSSR count). The molecule has 7 nitrogen and oxygen atoms in total. The van der Waals surface area contributed by atoms with Crippen LogP contribution in [0.15, 0.2) is 47.4 Å². The van der Waals surface area contributed by atoms with Gasteiger partial charge >= 0.3 is 5.97 Å². The first kappa shape index (κ1) is 25.1. The van der Waals surface area contributed by atoms with Crippen molar-refractivity contribution in [2.45, 2.75) is 44.2 Å². The van der Waals surface area contributed by atoms with E-state index in [2.05, 4.69) is 10.0 Å². The molecule has 0 heterocycles. The number of aryl methyl sites for hydroxylation is 1. The number of esters is 1. The number of benzene rings is 2.